The first-order chi connectivity index (χ1) is 23.2. The zero-order valence-electron chi connectivity index (χ0n) is 27.2. The molecule has 0 bridgehead atoms. The summed E-state index contributed by atoms with van der Waals surface area (Å²) in [5.74, 6) is -1.74. The number of hydrogen-bond donors (Lipinski definition) is 3. The van der Waals surface area contributed by atoms with Gasteiger partial charge in [0.2, 0.25) is 17.9 Å². The highest BCUT2D eigenvalue weighted by Gasteiger charge is 2.46. The standard InChI is InChI=1S/C34H37F4N7O4/c1-19(2)48-27-7-5-21(14-24(27)35)22-4-6-23(26(15-22)45-11-8-20(3)43-45)30(34(36,37)38)49-29-16-28(41-32(39)42-29)44-12-9-33(10-13-44)17-25(31(46)47)40-18-33/h4-8,11,14-16,19,25,30,40H,9-10,12-13,17-18H2,1-3H3,(H,46,47)(H2,39,41,42)/t25-,30+/m0/s1. The molecule has 0 amide bonds. The van der Waals surface area contributed by atoms with Gasteiger partial charge in [0.1, 0.15) is 11.9 Å². The highest BCUT2D eigenvalue weighted by atomic mass is 19.4. The van der Waals surface area contributed by atoms with Crippen LogP contribution in [-0.2, 0) is 4.79 Å². The lowest BCUT2D eigenvalue weighted by Crippen LogP contribution is -2.41. The Bertz CT molecular complexity index is 1840. The van der Waals surface area contributed by atoms with E-state index in [1.807, 2.05) is 4.90 Å². The van der Waals surface area contributed by atoms with E-state index in [1.165, 1.54) is 47.3 Å². The molecule has 2 aliphatic heterocycles. The number of nitrogens with two attached hydrogens (primary N) is 1. The number of aromatic nitrogens is 4. The number of nitrogens with one attached hydrogen (secondary N) is 1. The molecule has 0 saturated carbocycles. The van der Waals surface area contributed by atoms with Gasteiger partial charge in [0.25, 0.3) is 0 Å². The number of carboxylic acid groups (broad SMARTS) is 1. The molecule has 4 aromatic rings. The number of carboxylic acids is 1. The Hall–Kier alpha value is -4.92. The van der Waals surface area contributed by atoms with Gasteiger partial charge in [0.15, 0.2) is 11.6 Å². The quantitative estimate of drug-likeness (QED) is 0.184. The van der Waals surface area contributed by atoms with Crippen molar-refractivity contribution in [3.8, 4) is 28.4 Å². The lowest BCUT2D eigenvalue weighted by Gasteiger charge is -2.39. The molecule has 4 heterocycles. The van der Waals surface area contributed by atoms with Gasteiger partial charge in [-0.3, -0.25) is 4.79 Å². The van der Waals surface area contributed by atoms with Crippen molar-refractivity contribution in [3.05, 3.63) is 71.8 Å². The smallest absolute Gasteiger partial charge is 0.429 e. The molecule has 49 heavy (non-hydrogen) atoms. The third-order valence-corrected chi connectivity index (χ3v) is 8.96. The fourth-order valence-electron chi connectivity index (χ4n) is 6.49. The fourth-order valence-corrected chi connectivity index (χ4v) is 6.49. The van der Waals surface area contributed by atoms with Crippen LogP contribution in [0.25, 0.3) is 16.8 Å². The molecule has 11 nitrogen and oxygen atoms in total. The molecule has 0 radical (unpaired) electrons. The minimum atomic E-state index is -4.89. The molecule has 260 valence electrons. The minimum absolute atomic E-state index is 0.0683. The molecule has 2 aliphatic rings. The summed E-state index contributed by atoms with van der Waals surface area (Å²) in [6, 6.07) is 11.0. The van der Waals surface area contributed by atoms with Crippen LogP contribution in [0.1, 0.15) is 50.5 Å². The summed E-state index contributed by atoms with van der Waals surface area (Å²) in [5, 5.41) is 16.8. The number of nitrogen functional groups attached to an aromatic ring is 1. The van der Waals surface area contributed by atoms with Gasteiger partial charge in [-0.2, -0.15) is 28.2 Å². The van der Waals surface area contributed by atoms with Crippen molar-refractivity contribution in [1.29, 1.82) is 0 Å². The second-order valence-corrected chi connectivity index (χ2v) is 12.9. The van der Waals surface area contributed by atoms with Gasteiger partial charge in [-0.25, -0.2) is 9.07 Å². The van der Waals surface area contributed by atoms with Gasteiger partial charge < -0.3 is 30.5 Å². The van der Waals surface area contributed by atoms with E-state index in [2.05, 4.69) is 20.4 Å². The number of hydrogen-bond acceptors (Lipinski definition) is 9. The highest BCUT2D eigenvalue weighted by molar-refractivity contribution is 5.74. The maximum absolute atomic E-state index is 14.9. The van der Waals surface area contributed by atoms with Crippen LogP contribution >= 0.6 is 0 Å². The summed E-state index contributed by atoms with van der Waals surface area (Å²) in [5.41, 5.74) is 7.07. The van der Waals surface area contributed by atoms with Crippen molar-refractivity contribution in [3.63, 3.8) is 0 Å². The van der Waals surface area contributed by atoms with Crippen LogP contribution in [0.15, 0.2) is 54.7 Å². The normalized spacial score (nSPS) is 18.2. The summed E-state index contributed by atoms with van der Waals surface area (Å²) < 4.78 is 72.0. The van der Waals surface area contributed by atoms with Gasteiger partial charge in [-0.05, 0) is 80.8 Å². The SMILES string of the molecule is Cc1ccn(-c2cc(-c3ccc(OC(C)C)c(F)c3)ccc2[C@@H](Oc2cc(N3CCC4(CC3)CN[C@H](C(=O)O)C4)nc(N)n2)C(F)(F)F)n1. The Balaban J connectivity index is 1.30. The van der Waals surface area contributed by atoms with E-state index in [1.54, 1.807) is 32.9 Å². The van der Waals surface area contributed by atoms with Crippen molar-refractivity contribution in [2.75, 3.05) is 30.3 Å². The Labute approximate surface area is 280 Å². The Morgan fingerprint density at radius 2 is 1.78 bits per heavy atom. The van der Waals surface area contributed by atoms with E-state index in [0.717, 1.165) is 0 Å². The van der Waals surface area contributed by atoms with E-state index in [0.29, 0.717) is 61.5 Å². The molecule has 1 spiro atoms. The summed E-state index contributed by atoms with van der Waals surface area (Å²) in [7, 11) is 0. The maximum atomic E-state index is 14.9. The predicted octanol–water partition coefficient (Wildman–Crippen LogP) is 5.86. The van der Waals surface area contributed by atoms with Gasteiger partial charge in [-0.1, -0.05) is 18.2 Å². The van der Waals surface area contributed by atoms with Crippen LogP contribution in [0.2, 0.25) is 0 Å². The van der Waals surface area contributed by atoms with Crippen molar-refractivity contribution in [2.24, 2.45) is 5.41 Å². The van der Waals surface area contributed by atoms with E-state index in [4.69, 9.17) is 15.2 Å². The number of piperidine rings is 1. The number of nitrogens with zero attached hydrogens (tertiary/aromatic N) is 5. The van der Waals surface area contributed by atoms with E-state index < -0.39 is 30.1 Å². The first kappa shape index (κ1) is 34.0. The first-order valence-electron chi connectivity index (χ1n) is 15.9. The third-order valence-electron chi connectivity index (χ3n) is 8.96. The van der Waals surface area contributed by atoms with Crippen molar-refractivity contribution in [1.82, 2.24) is 25.1 Å². The lowest BCUT2D eigenvalue weighted by molar-refractivity contribution is -0.198. The van der Waals surface area contributed by atoms with Gasteiger partial charge >= 0.3 is 12.1 Å². The molecule has 2 aromatic heterocycles. The van der Waals surface area contributed by atoms with Crippen LogP contribution in [-0.4, -0.2) is 68.8 Å². The van der Waals surface area contributed by atoms with Crippen LogP contribution in [0.5, 0.6) is 11.6 Å². The molecule has 0 aliphatic carbocycles. The molecule has 2 saturated heterocycles. The molecule has 2 aromatic carbocycles. The van der Waals surface area contributed by atoms with Gasteiger partial charge in [0.05, 0.1) is 17.5 Å². The zero-order valence-corrected chi connectivity index (χ0v) is 27.2. The molecule has 15 heteroatoms. The molecule has 2 fully saturated rings. The number of aliphatic carboxylic acids is 1. The monoisotopic (exact) mass is 683 g/mol. The summed E-state index contributed by atoms with van der Waals surface area (Å²) in [6.45, 7) is 6.84. The van der Waals surface area contributed by atoms with Gasteiger partial charge in [-0.15, -0.1) is 0 Å². The van der Waals surface area contributed by atoms with E-state index in [-0.39, 0.29) is 40.3 Å². The predicted molar refractivity (Wildman–Crippen MR) is 173 cm³/mol. The molecular weight excluding hydrogens is 646 g/mol. The van der Waals surface area contributed by atoms with Gasteiger partial charge in [0, 0.05) is 37.5 Å². The minimum Gasteiger partial charge on any atom is -0.488 e. The van der Waals surface area contributed by atoms with Crippen molar-refractivity contribution in [2.45, 2.75) is 64.5 Å². The Morgan fingerprint density at radius 1 is 1.06 bits per heavy atom. The Kier molecular flexibility index (Phi) is 9.13. The number of ether oxygens (including phenoxy) is 2. The molecular formula is C34H37F4N7O4. The van der Waals surface area contributed by atoms with E-state index in [9.17, 15) is 27.5 Å². The number of halogens is 4. The van der Waals surface area contributed by atoms with Crippen LogP contribution in [0.4, 0.5) is 29.3 Å². The number of alkyl halides is 3. The number of carbonyl (C=O) groups is 1. The van der Waals surface area contributed by atoms with Crippen LogP contribution in [0, 0.1) is 18.2 Å². The van der Waals surface area contributed by atoms with Crippen LogP contribution in [0.3, 0.4) is 0 Å². The topological polar surface area (TPSA) is 141 Å². The Morgan fingerprint density at radius 3 is 2.39 bits per heavy atom. The zero-order chi connectivity index (χ0) is 35.1. The summed E-state index contributed by atoms with van der Waals surface area (Å²) >= 11 is 0. The van der Waals surface area contributed by atoms with Crippen LogP contribution < -0.4 is 25.4 Å². The fraction of sp³-hybridized carbons (Fsp3) is 0.412. The van der Waals surface area contributed by atoms with Crippen molar-refractivity contribution >= 4 is 17.7 Å². The lowest BCUT2D eigenvalue weighted by atomic mass is 9.76. The number of benzene rings is 2. The average molecular weight is 684 g/mol. The largest absolute Gasteiger partial charge is 0.488 e. The second kappa shape index (κ2) is 13.2. The molecule has 4 N–H and O–H groups in total. The third kappa shape index (κ3) is 7.41. The molecule has 2 atom stereocenters. The number of anilines is 2. The second-order valence-electron chi connectivity index (χ2n) is 12.9. The number of rotatable bonds is 9. The summed E-state index contributed by atoms with van der Waals surface area (Å²) in [6.07, 6.45) is -4.24. The maximum Gasteiger partial charge on any atom is 0.429 e. The van der Waals surface area contributed by atoms with E-state index >= 15 is 0 Å². The average Bonchev–Trinajstić information content (AvgIpc) is 3.66. The molecule has 0 unspecified atom stereocenters. The van der Waals surface area contributed by atoms with Crippen molar-refractivity contribution < 1.29 is 36.9 Å². The highest BCUT2D eigenvalue weighted by Crippen LogP contribution is 2.43. The molecule has 6 rings (SSSR count). The first-order valence-corrected chi connectivity index (χ1v) is 15.9. The number of aryl methyl sites for hydroxylation is 1. The summed E-state index contributed by atoms with van der Waals surface area (Å²) in [4.78, 5) is 21.6.